The van der Waals surface area contributed by atoms with E-state index in [-0.39, 0.29) is 18.0 Å². The number of piperidine rings is 1. The number of ether oxygens (including phenoxy) is 2. The van der Waals surface area contributed by atoms with Gasteiger partial charge in [0.1, 0.15) is 5.60 Å². The van der Waals surface area contributed by atoms with E-state index < -0.39 is 5.60 Å². The maximum absolute atomic E-state index is 12.2. The number of halogens is 1. The van der Waals surface area contributed by atoms with Gasteiger partial charge in [0.05, 0.1) is 13.0 Å². The van der Waals surface area contributed by atoms with Crippen LogP contribution in [0.25, 0.3) is 0 Å². The molecule has 6 nitrogen and oxygen atoms in total. The van der Waals surface area contributed by atoms with Crippen LogP contribution in [0.5, 0.6) is 0 Å². The number of methoxy groups -OCH3 is 1. The first-order chi connectivity index (χ1) is 14.1. The van der Waals surface area contributed by atoms with Crippen molar-refractivity contribution in [2.24, 2.45) is 5.92 Å². The first-order valence-electron chi connectivity index (χ1n) is 10.6. The van der Waals surface area contributed by atoms with Gasteiger partial charge in [0, 0.05) is 30.6 Å². The first-order valence-corrected chi connectivity index (χ1v) is 11.0. The quantitative estimate of drug-likeness (QED) is 0.656. The fourth-order valence-corrected chi connectivity index (χ4v) is 4.45. The number of benzene rings is 1. The topological polar surface area (TPSA) is 59.1 Å². The number of hydrogen-bond donors (Lipinski definition) is 0. The molecule has 0 aromatic heterocycles. The molecule has 0 N–H and O–H groups in total. The molecule has 7 heteroatoms. The van der Waals surface area contributed by atoms with Crippen molar-refractivity contribution in [2.45, 2.75) is 58.6 Å². The van der Waals surface area contributed by atoms with Crippen molar-refractivity contribution >= 4 is 23.7 Å². The molecule has 0 spiro atoms. The minimum absolute atomic E-state index is 0.0109. The molecule has 0 saturated carbocycles. The molecule has 1 aromatic carbocycles. The van der Waals surface area contributed by atoms with Crippen molar-refractivity contribution in [3.05, 3.63) is 33.8 Å². The molecule has 0 bridgehead atoms. The second kappa shape index (κ2) is 9.15. The van der Waals surface area contributed by atoms with Gasteiger partial charge >= 0.3 is 12.1 Å². The fourth-order valence-electron chi connectivity index (χ4n) is 4.12. The molecule has 1 amide bonds. The number of esters is 1. The van der Waals surface area contributed by atoms with E-state index in [0.29, 0.717) is 19.0 Å². The summed E-state index contributed by atoms with van der Waals surface area (Å²) in [6, 6.07) is 4.24. The van der Waals surface area contributed by atoms with Crippen molar-refractivity contribution < 1.29 is 19.1 Å². The van der Waals surface area contributed by atoms with Crippen LogP contribution in [0.3, 0.4) is 0 Å². The average molecular weight is 437 g/mol. The van der Waals surface area contributed by atoms with E-state index in [1.807, 2.05) is 26.8 Å². The first kappa shape index (κ1) is 22.9. The van der Waals surface area contributed by atoms with Crippen LogP contribution >= 0.6 is 11.6 Å². The van der Waals surface area contributed by atoms with Gasteiger partial charge in [0.25, 0.3) is 0 Å². The SMILES string of the molecule is COC(=O)C1CCN(Cc2c(C)cc(C3CN(C(=O)OC(C)(C)C)C3)cc2Cl)CC1. The number of carbonyl (C=O) groups is 2. The van der Waals surface area contributed by atoms with Crippen molar-refractivity contribution in [1.29, 1.82) is 0 Å². The highest BCUT2D eigenvalue weighted by molar-refractivity contribution is 6.31. The number of likely N-dealkylation sites (tertiary alicyclic amines) is 2. The zero-order valence-electron chi connectivity index (χ0n) is 18.7. The van der Waals surface area contributed by atoms with E-state index in [9.17, 15) is 9.59 Å². The molecule has 2 fully saturated rings. The number of carbonyl (C=O) groups excluding carboxylic acids is 2. The Morgan fingerprint density at radius 3 is 2.33 bits per heavy atom. The van der Waals surface area contributed by atoms with Crippen LogP contribution in [-0.2, 0) is 20.8 Å². The van der Waals surface area contributed by atoms with Crippen molar-refractivity contribution in [1.82, 2.24) is 9.80 Å². The largest absolute Gasteiger partial charge is 0.469 e. The molecule has 0 atom stereocenters. The lowest BCUT2D eigenvalue weighted by Crippen LogP contribution is -2.50. The molecule has 3 rings (SSSR count). The predicted octanol–water partition coefficient (Wildman–Crippen LogP) is 4.37. The van der Waals surface area contributed by atoms with Crippen molar-refractivity contribution in [2.75, 3.05) is 33.3 Å². The van der Waals surface area contributed by atoms with E-state index in [4.69, 9.17) is 21.1 Å². The summed E-state index contributed by atoms with van der Waals surface area (Å²) in [4.78, 5) is 28.0. The normalized spacial score (nSPS) is 18.8. The lowest BCUT2D eigenvalue weighted by atomic mass is 9.89. The molecule has 2 heterocycles. The van der Waals surface area contributed by atoms with Crippen LogP contribution in [0, 0.1) is 12.8 Å². The van der Waals surface area contributed by atoms with Gasteiger partial charge in [-0.25, -0.2) is 4.79 Å². The Labute approximate surface area is 184 Å². The number of rotatable bonds is 4. The second-order valence-corrected chi connectivity index (χ2v) is 9.86. The second-order valence-electron chi connectivity index (χ2n) is 9.45. The van der Waals surface area contributed by atoms with Gasteiger partial charge in [-0.05, 0) is 76.4 Å². The van der Waals surface area contributed by atoms with Gasteiger partial charge in [0.2, 0.25) is 0 Å². The summed E-state index contributed by atoms with van der Waals surface area (Å²) in [6.07, 6.45) is 1.39. The minimum atomic E-state index is -0.477. The molecule has 0 aliphatic carbocycles. The lowest BCUT2D eigenvalue weighted by Gasteiger charge is -2.40. The van der Waals surface area contributed by atoms with E-state index >= 15 is 0 Å². The molecule has 0 unspecified atom stereocenters. The fraction of sp³-hybridized carbons (Fsp3) is 0.652. The van der Waals surface area contributed by atoms with E-state index in [1.165, 1.54) is 18.2 Å². The van der Waals surface area contributed by atoms with Gasteiger partial charge < -0.3 is 14.4 Å². The van der Waals surface area contributed by atoms with E-state index in [1.54, 1.807) is 4.90 Å². The number of amides is 1. The summed E-state index contributed by atoms with van der Waals surface area (Å²) in [6.45, 7) is 11.6. The highest BCUT2D eigenvalue weighted by Gasteiger charge is 2.35. The average Bonchev–Trinajstić information content (AvgIpc) is 2.62. The van der Waals surface area contributed by atoms with E-state index in [0.717, 1.165) is 43.1 Å². The molecule has 2 aliphatic heterocycles. The monoisotopic (exact) mass is 436 g/mol. The van der Waals surface area contributed by atoms with Crippen molar-refractivity contribution in [3.8, 4) is 0 Å². The molecule has 1 aromatic rings. The van der Waals surface area contributed by atoms with Gasteiger partial charge in [-0.15, -0.1) is 0 Å². The Morgan fingerprint density at radius 1 is 1.17 bits per heavy atom. The smallest absolute Gasteiger partial charge is 0.410 e. The lowest BCUT2D eigenvalue weighted by molar-refractivity contribution is -0.147. The Balaban J connectivity index is 1.57. The summed E-state index contributed by atoms with van der Waals surface area (Å²) in [5, 5.41) is 0.774. The maximum Gasteiger partial charge on any atom is 0.410 e. The molecular weight excluding hydrogens is 404 g/mol. The number of nitrogens with zero attached hydrogens (tertiary/aromatic N) is 2. The summed E-state index contributed by atoms with van der Waals surface area (Å²) in [7, 11) is 1.45. The van der Waals surface area contributed by atoms with Crippen LogP contribution in [0.2, 0.25) is 5.02 Å². The van der Waals surface area contributed by atoms with Gasteiger partial charge in [-0.3, -0.25) is 9.69 Å². The van der Waals surface area contributed by atoms with E-state index in [2.05, 4.69) is 17.9 Å². The molecule has 166 valence electrons. The Kier molecular flexibility index (Phi) is 6.98. The Bertz CT molecular complexity index is 768. The molecule has 30 heavy (non-hydrogen) atoms. The molecule has 2 aliphatic rings. The van der Waals surface area contributed by atoms with Gasteiger partial charge in [-0.2, -0.15) is 0 Å². The Hall–Kier alpha value is -1.79. The summed E-state index contributed by atoms with van der Waals surface area (Å²) >= 11 is 6.66. The van der Waals surface area contributed by atoms with Crippen LogP contribution in [0.1, 0.15) is 56.2 Å². The number of hydrogen-bond acceptors (Lipinski definition) is 5. The molecule has 0 radical (unpaired) electrons. The zero-order chi connectivity index (χ0) is 22.1. The third-order valence-corrected chi connectivity index (χ3v) is 6.29. The highest BCUT2D eigenvalue weighted by atomic mass is 35.5. The van der Waals surface area contributed by atoms with Crippen LogP contribution in [0.4, 0.5) is 4.79 Å². The maximum atomic E-state index is 12.2. The zero-order valence-corrected chi connectivity index (χ0v) is 19.4. The third kappa shape index (κ3) is 5.46. The predicted molar refractivity (Wildman–Crippen MR) is 117 cm³/mol. The Morgan fingerprint density at radius 2 is 1.80 bits per heavy atom. The van der Waals surface area contributed by atoms with Gasteiger partial charge in [-0.1, -0.05) is 17.7 Å². The van der Waals surface area contributed by atoms with Crippen molar-refractivity contribution in [3.63, 3.8) is 0 Å². The summed E-state index contributed by atoms with van der Waals surface area (Å²) in [5.41, 5.74) is 3.00. The number of aryl methyl sites for hydroxylation is 1. The standard InChI is InChI=1S/C23H33ClN2O4/c1-15-10-17(18-12-26(13-18)22(28)30-23(2,3)4)11-20(24)19(15)14-25-8-6-16(7-9-25)21(27)29-5/h10-11,16,18H,6-9,12-14H2,1-5H3. The molecular formula is C23H33ClN2O4. The summed E-state index contributed by atoms with van der Waals surface area (Å²) in [5.74, 6) is 0.199. The van der Waals surface area contributed by atoms with Crippen LogP contribution < -0.4 is 0 Å². The van der Waals surface area contributed by atoms with Crippen LogP contribution in [-0.4, -0.2) is 60.8 Å². The third-order valence-electron chi connectivity index (χ3n) is 5.95. The van der Waals surface area contributed by atoms with Crippen LogP contribution in [0.15, 0.2) is 12.1 Å². The summed E-state index contributed by atoms with van der Waals surface area (Å²) < 4.78 is 10.3. The minimum Gasteiger partial charge on any atom is -0.469 e. The van der Waals surface area contributed by atoms with Gasteiger partial charge in [0.15, 0.2) is 0 Å². The molecule has 2 saturated heterocycles. The highest BCUT2D eigenvalue weighted by Crippen LogP contribution is 2.33.